The molecule has 0 atom stereocenters. The van der Waals surface area contributed by atoms with Gasteiger partial charge < -0.3 is 10.1 Å². The van der Waals surface area contributed by atoms with Gasteiger partial charge in [0.25, 0.3) is 0 Å². The molecule has 1 heterocycles. The van der Waals surface area contributed by atoms with Gasteiger partial charge in [0.1, 0.15) is 0 Å². The third-order valence-corrected chi connectivity index (χ3v) is 3.16. The molecule has 0 spiro atoms. The molecule has 1 aromatic carbocycles. The van der Waals surface area contributed by atoms with Crippen LogP contribution in [0.25, 0.3) is 0 Å². The number of nitrogens with one attached hydrogen (secondary N) is 1. The van der Waals surface area contributed by atoms with Crippen LogP contribution in [0.5, 0.6) is 6.01 Å². The number of nitrogens with zero attached hydrogens (tertiary/aromatic N) is 2. The molecule has 0 amide bonds. The standard InChI is InChI=1S/C16H20ClN3O/c1-16(2,11-18-8-13-6-4-3-5-7-13)12-21-15-19-9-14(17)10-20-15/h3-7,9-10,18H,8,11-12H2,1-2H3. The van der Waals surface area contributed by atoms with Crippen LogP contribution in [0.3, 0.4) is 0 Å². The molecule has 2 rings (SSSR count). The van der Waals surface area contributed by atoms with Crippen LogP contribution in [0.1, 0.15) is 19.4 Å². The summed E-state index contributed by atoms with van der Waals surface area (Å²) in [6.45, 7) is 6.51. The predicted octanol–water partition coefficient (Wildman–Crippen LogP) is 3.32. The Kier molecular flexibility index (Phi) is 5.53. The second-order valence-corrected chi connectivity index (χ2v) is 6.16. The van der Waals surface area contributed by atoms with Crippen LogP contribution in [0, 0.1) is 5.41 Å². The van der Waals surface area contributed by atoms with Gasteiger partial charge in [0.15, 0.2) is 0 Å². The minimum Gasteiger partial charge on any atom is -0.463 e. The molecule has 1 aromatic heterocycles. The fourth-order valence-corrected chi connectivity index (χ4v) is 1.92. The van der Waals surface area contributed by atoms with E-state index in [2.05, 4.69) is 41.3 Å². The van der Waals surface area contributed by atoms with Crippen molar-refractivity contribution < 1.29 is 4.74 Å². The summed E-state index contributed by atoms with van der Waals surface area (Å²) in [7, 11) is 0. The van der Waals surface area contributed by atoms with Crippen molar-refractivity contribution in [2.45, 2.75) is 20.4 Å². The fraction of sp³-hybridized carbons (Fsp3) is 0.375. The van der Waals surface area contributed by atoms with Crippen LogP contribution >= 0.6 is 11.6 Å². The van der Waals surface area contributed by atoms with Gasteiger partial charge in [0.2, 0.25) is 0 Å². The topological polar surface area (TPSA) is 47.0 Å². The van der Waals surface area contributed by atoms with Crippen molar-refractivity contribution >= 4 is 11.6 Å². The van der Waals surface area contributed by atoms with Crippen LogP contribution in [-0.2, 0) is 6.54 Å². The van der Waals surface area contributed by atoms with Crippen LogP contribution < -0.4 is 10.1 Å². The molecule has 0 unspecified atom stereocenters. The van der Waals surface area contributed by atoms with Gasteiger partial charge in [-0.1, -0.05) is 55.8 Å². The van der Waals surface area contributed by atoms with Crippen LogP contribution in [-0.4, -0.2) is 23.1 Å². The van der Waals surface area contributed by atoms with Crippen molar-refractivity contribution in [2.24, 2.45) is 5.41 Å². The highest BCUT2D eigenvalue weighted by molar-refractivity contribution is 6.30. The summed E-state index contributed by atoms with van der Waals surface area (Å²) in [4.78, 5) is 8.05. The molecule has 1 N–H and O–H groups in total. The van der Waals surface area contributed by atoms with Crippen LogP contribution in [0.4, 0.5) is 0 Å². The summed E-state index contributed by atoms with van der Waals surface area (Å²) in [5, 5.41) is 3.95. The van der Waals surface area contributed by atoms with E-state index in [9.17, 15) is 0 Å². The van der Waals surface area contributed by atoms with E-state index >= 15 is 0 Å². The minimum atomic E-state index is -0.0161. The average molecular weight is 306 g/mol. The lowest BCUT2D eigenvalue weighted by Gasteiger charge is -2.24. The first-order chi connectivity index (χ1) is 10.1. The lowest BCUT2D eigenvalue weighted by Crippen LogP contribution is -2.34. The van der Waals surface area contributed by atoms with E-state index in [1.54, 1.807) is 0 Å². The molecule has 0 aliphatic carbocycles. The van der Waals surface area contributed by atoms with E-state index in [0.717, 1.165) is 13.1 Å². The molecule has 21 heavy (non-hydrogen) atoms. The fourth-order valence-electron chi connectivity index (χ4n) is 1.83. The highest BCUT2D eigenvalue weighted by Crippen LogP contribution is 2.16. The number of aromatic nitrogens is 2. The van der Waals surface area contributed by atoms with Crippen LogP contribution in [0.2, 0.25) is 5.02 Å². The third-order valence-electron chi connectivity index (χ3n) is 2.96. The average Bonchev–Trinajstić information content (AvgIpc) is 2.48. The summed E-state index contributed by atoms with van der Waals surface area (Å²) in [6, 6.07) is 10.7. The van der Waals surface area contributed by atoms with Crippen molar-refractivity contribution in [2.75, 3.05) is 13.2 Å². The van der Waals surface area contributed by atoms with Gasteiger partial charge in [-0.05, 0) is 5.56 Å². The second kappa shape index (κ2) is 7.38. The number of rotatable bonds is 7. The monoisotopic (exact) mass is 305 g/mol. The Bertz CT molecular complexity index is 543. The van der Waals surface area contributed by atoms with Gasteiger partial charge in [-0.3, -0.25) is 0 Å². The molecule has 0 radical (unpaired) electrons. The summed E-state index contributed by atoms with van der Waals surface area (Å²) in [5.41, 5.74) is 1.26. The maximum Gasteiger partial charge on any atom is 0.316 e. The van der Waals surface area contributed by atoms with Gasteiger partial charge in [-0.2, -0.15) is 0 Å². The highest BCUT2D eigenvalue weighted by atomic mass is 35.5. The molecule has 5 heteroatoms. The van der Waals surface area contributed by atoms with Crippen molar-refractivity contribution in [3.05, 3.63) is 53.3 Å². The molecule has 0 bridgehead atoms. The zero-order chi connectivity index (χ0) is 15.1. The Morgan fingerprint density at radius 1 is 1.14 bits per heavy atom. The smallest absolute Gasteiger partial charge is 0.316 e. The van der Waals surface area contributed by atoms with Crippen molar-refractivity contribution in [1.82, 2.24) is 15.3 Å². The van der Waals surface area contributed by atoms with Gasteiger partial charge >= 0.3 is 6.01 Å². The molecule has 0 fully saturated rings. The third kappa shape index (κ3) is 5.69. The predicted molar refractivity (Wildman–Crippen MR) is 84.5 cm³/mol. The Morgan fingerprint density at radius 3 is 2.48 bits per heavy atom. The zero-order valence-electron chi connectivity index (χ0n) is 12.3. The van der Waals surface area contributed by atoms with E-state index in [4.69, 9.17) is 16.3 Å². The lowest BCUT2D eigenvalue weighted by atomic mass is 9.95. The van der Waals surface area contributed by atoms with Gasteiger partial charge in [0.05, 0.1) is 24.0 Å². The first-order valence-electron chi connectivity index (χ1n) is 6.90. The van der Waals surface area contributed by atoms with Crippen molar-refractivity contribution in [3.63, 3.8) is 0 Å². The first-order valence-corrected chi connectivity index (χ1v) is 7.28. The molecule has 4 nitrogen and oxygen atoms in total. The van der Waals surface area contributed by atoms with E-state index in [-0.39, 0.29) is 5.41 Å². The van der Waals surface area contributed by atoms with Gasteiger partial charge in [0, 0.05) is 18.5 Å². The molecular weight excluding hydrogens is 286 g/mol. The number of hydrogen-bond acceptors (Lipinski definition) is 4. The number of ether oxygens (including phenoxy) is 1. The van der Waals surface area contributed by atoms with E-state index in [0.29, 0.717) is 17.6 Å². The Hall–Kier alpha value is -1.65. The summed E-state index contributed by atoms with van der Waals surface area (Å²) < 4.78 is 5.61. The largest absolute Gasteiger partial charge is 0.463 e. The normalized spacial score (nSPS) is 11.4. The molecule has 0 saturated carbocycles. The molecule has 0 aliphatic rings. The van der Waals surface area contributed by atoms with Gasteiger partial charge in [-0.15, -0.1) is 0 Å². The maximum absolute atomic E-state index is 5.74. The number of hydrogen-bond donors (Lipinski definition) is 1. The van der Waals surface area contributed by atoms with Crippen molar-refractivity contribution in [3.8, 4) is 6.01 Å². The Morgan fingerprint density at radius 2 is 1.81 bits per heavy atom. The molecule has 0 aliphatic heterocycles. The van der Waals surface area contributed by atoms with E-state index < -0.39 is 0 Å². The summed E-state index contributed by atoms with van der Waals surface area (Å²) >= 11 is 5.74. The molecular formula is C16H20ClN3O. The summed E-state index contributed by atoms with van der Waals surface area (Å²) in [5.74, 6) is 0. The number of halogens is 1. The van der Waals surface area contributed by atoms with Crippen LogP contribution in [0.15, 0.2) is 42.7 Å². The summed E-state index contributed by atoms with van der Waals surface area (Å²) in [6.07, 6.45) is 3.06. The molecule has 112 valence electrons. The lowest BCUT2D eigenvalue weighted by molar-refractivity contribution is 0.164. The second-order valence-electron chi connectivity index (χ2n) is 5.73. The SMILES string of the molecule is CC(C)(CNCc1ccccc1)COc1ncc(Cl)cn1. The maximum atomic E-state index is 5.74. The quantitative estimate of drug-likeness (QED) is 0.852. The van der Waals surface area contributed by atoms with Gasteiger partial charge in [-0.25, -0.2) is 9.97 Å². The molecule has 0 saturated heterocycles. The first kappa shape index (κ1) is 15.7. The number of benzene rings is 1. The molecule has 2 aromatic rings. The Balaban J connectivity index is 1.75. The van der Waals surface area contributed by atoms with E-state index in [1.807, 2.05) is 18.2 Å². The van der Waals surface area contributed by atoms with E-state index in [1.165, 1.54) is 18.0 Å². The minimum absolute atomic E-state index is 0.0161. The zero-order valence-corrected chi connectivity index (χ0v) is 13.1. The van der Waals surface area contributed by atoms with Crippen molar-refractivity contribution in [1.29, 1.82) is 0 Å². The highest BCUT2D eigenvalue weighted by Gasteiger charge is 2.19. The Labute approximate surface area is 130 Å².